The fraction of sp³-hybridized carbons (Fsp3) is 0.538. The number of para-hydroxylation sites is 1. The molecule has 0 saturated carbocycles. The van der Waals surface area contributed by atoms with E-state index in [4.69, 9.17) is 18.9 Å². The summed E-state index contributed by atoms with van der Waals surface area (Å²) in [4.78, 5) is 0. The monoisotopic (exact) mass is 427 g/mol. The molecule has 2 aromatic rings. The number of nitrogens with one attached hydrogen (secondary N) is 1. The van der Waals surface area contributed by atoms with Crippen LogP contribution in [-0.4, -0.2) is 40.1 Å². The third-order valence-electron chi connectivity index (χ3n) is 6.25. The summed E-state index contributed by atoms with van der Waals surface area (Å²) < 4.78 is 22.5. The van der Waals surface area contributed by atoms with Gasteiger partial charge in [0.05, 0.1) is 26.9 Å². The summed E-state index contributed by atoms with van der Waals surface area (Å²) in [6, 6.07) is 14.5. The molecule has 0 aliphatic carbocycles. The van der Waals surface area contributed by atoms with Crippen LogP contribution in [-0.2, 0) is 11.3 Å². The topological polar surface area (TPSA) is 49.0 Å². The molecule has 2 atom stereocenters. The molecule has 5 heteroatoms. The van der Waals surface area contributed by atoms with E-state index in [9.17, 15) is 0 Å². The normalized spacial score (nSPS) is 18.9. The van der Waals surface area contributed by atoms with Crippen LogP contribution in [0.5, 0.6) is 17.2 Å². The van der Waals surface area contributed by atoms with Crippen LogP contribution in [0.15, 0.2) is 42.5 Å². The van der Waals surface area contributed by atoms with E-state index < -0.39 is 0 Å². The van der Waals surface area contributed by atoms with Crippen LogP contribution in [0.1, 0.15) is 50.2 Å². The summed E-state index contributed by atoms with van der Waals surface area (Å²) in [7, 11) is 5.09. The molecule has 1 aliphatic heterocycles. The Hall–Kier alpha value is -2.24. The fourth-order valence-electron chi connectivity index (χ4n) is 4.72. The first kappa shape index (κ1) is 23.4. The van der Waals surface area contributed by atoms with Gasteiger partial charge in [0, 0.05) is 13.2 Å². The number of benzene rings is 2. The van der Waals surface area contributed by atoms with Crippen molar-refractivity contribution in [3.8, 4) is 17.2 Å². The Bertz CT molecular complexity index is 836. The number of methoxy groups -OCH3 is 3. The van der Waals surface area contributed by atoms with Gasteiger partial charge in [0.2, 0.25) is 0 Å². The highest BCUT2D eigenvalue weighted by atomic mass is 16.5. The van der Waals surface area contributed by atoms with Gasteiger partial charge in [0.1, 0.15) is 5.75 Å². The second kappa shape index (κ2) is 10.9. The third kappa shape index (κ3) is 6.14. The van der Waals surface area contributed by atoms with Crippen molar-refractivity contribution >= 4 is 0 Å². The van der Waals surface area contributed by atoms with Gasteiger partial charge in [-0.2, -0.15) is 0 Å². The standard InChI is InChI=1S/C26H37NO4/c1-26(2)17-20(13-15-31-26)21(22-8-6-7-9-23(22)28-3)12-14-27-18-19-10-11-24(29-4)25(16-19)30-5/h6-11,16,20-21,27H,12-15,17-18H2,1-5H3/t20-,21+/m0/s1. The van der Waals surface area contributed by atoms with Crippen LogP contribution >= 0.6 is 0 Å². The van der Waals surface area contributed by atoms with Crippen molar-refractivity contribution in [2.75, 3.05) is 34.5 Å². The average Bonchev–Trinajstić information content (AvgIpc) is 2.78. The minimum absolute atomic E-state index is 0.0732. The van der Waals surface area contributed by atoms with Crippen molar-refractivity contribution in [3.05, 3.63) is 53.6 Å². The average molecular weight is 428 g/mol. The maximum Gasteiger partial charge on any atom is 0.161 e. The molecule has 0 bridgehead atoms. The van der Waals surface area contributed by atoms with Gasteiger partial charge >= 0.3 is 0 Å². The second-order valence-corrected chi connectivity index (χ2v) is 8.86. The molecule has 170 valence electrons. The van der Waals surface area contributed by atoms with Gasteiger partial charge < -0.3 is 24.3 Å². The number of rotatable bonds is 10. The Labute approximate surface area is 187 Å². The molecule has 2 aromatic carbocycles. The van der Waals surface area contributed by atoms with Gasteiger partial charge in [0.25, 0.3) is 0 Å². The van der Waals surface area contributed by atoms with Crippen molar-refractivity contribution in [3.63, 3.8) is 0 Å². The number of hydrogen-bond donors (Lipinski definition) is 1. The fourth-order valence-corrected chi connectivity index (χ4v) is 4.72. The maximum absolute atomic E-state index is 5.99. The summed E-state index contributed by atoms with van der Waals surface area (Å²) in [5, 5.41) is 3.62. The SMILES string of the molecule is COc1ccc(CNCC[C@@H](c2ccccc2OC)[C@H]2CCOC(C)(C)C2)cc1OC. The summed E-state index contributed by atoms with van der Waals surface area (Å²) in [5.41, 5.74) is 2.41. The molecule has 31 heavy (non-hydrogen) atoms. The lowest BCUT2D eigenvalue weighted by atomic mass is 9.75. The first-order valence-electron chi connectivity index (χ1n) is 11.2. The van der Waals surface area contributed by atoms with E-state index in [0.29, 0.717) is 11.8 Å². The highest BCUT2D eigenvalue weighted by molar-refractivity contribution is 5.42. The summed E-state index contributed by atoms with van der Waals surface area (Å²) in [5.74, 6) is 3.50. The van der Waals surface area contributed by atoms with Crippen LogP contribution in [0, 0.1) is 5.92 Å². The molecular formula is C26H37NO4. The molecule has 5 nitrogen and oxygen atoms in total. The molecule has 0 unspecified atom stereocenters. The van der Waals surface area contributed by atoms with E-state index in [-0.39, 0.29) is 5.60 Å². The molecular weight excluding hydrogens is 390 g/mol. The zero-order chi connectivity index (χ0) is 22.3. The predicted molar refractivity (Wildman–Crippen MR) is 124 cm³/mol. The van der Waals surface area contributed by atoms with E-state index in [1.807, 2.05) is 18.2 Å². The Kier molecular flexibility index (Phi) is 8.22. The van der Waals surface area contributed by atoms with Gasteiger partial charge in [-0.15, -0.1) is 0 Å². The molecule has 3 rings (SSSR count). The molecule has 1 heterocycles. The number of hydrogen-bond acceptors (Lipinski definition) is 5. The molecule has 0 amide bonds. The highest BCUT2D eigenvalue weighted by Gasteiger charge is 2.34. The Balaban J connectivity index is 1.68. The van der Waals surface area contributed by atoms with Crippen LogP contribution < -0.4 is 19.5 Å². The number of ether oxygens (including phenoxy) is 4. The Morgan fingerprint density at radius 1 is 1.00 bits per heavy atom. The minimum Gasteiger partial charge on any atom is -0.496 e. The third-order valence-corrected chi connectivity index (χ3v) is 6.25. The second-order valence-electron chi connectivity index (χ2n) is 8.86. The van der Waals surface area contributed by atoms with E-state index >= 15 is 0 Å². The minimum atomic E-state index is -0.0732. The van der Waals surface area contributed by atoms with Gasteiger partial charge in [-0.1, -0.05) is 24.3 Å². The lowest BCUT2D eigenvalue weighted by Crippen LogP contribution is -2.37. The smallest absolute Gasteiger partial charge is 0.161 e. The van der Waals surface area contributed by atoms with Crippen molar-refractivity contribution in [2.24, 2.45) is 5.92 Å². The molecule has 0 aromatic heterocycles. The molecule has 0 spiro atoms. The quantitative estimate of drug-likeness (QED) is 0.530. The largest absolute Gasteiger partial charge is 0.496 e. The summed E-state index contributed by atoms with van der Waals surface area (Å²) in [6.07, 6.45) is 3.20. The van der Waals surface area contributed by atoms with Gasteiger partial charge in [-0.05, 0) is 80.8 Å². The predicted octanol–water partition coefficient (Wildman–Crippen LogP) is 5.18. The molecule has 1 N–H and O–H groups in total. The van der Waals surface area contributed by atoms with Crippen molar-refractivity contribution in [1.82, 2.24) is 5.32 Å². The van der Waals surface area contributed by atoms with Crippen molar-refractivity contribution in [1.29, 1.82) is 0 Å². The first-order chi connectivity index (χ1) is 15.0. The lowest BCUT2D eigenvalue weighted by molar-refractivity contribution is -0.0772. The van der Waals surface area contributed by atoms with E-state index in [0.717, 1.165) is 56.2 Å². The molecule has 1 saturated heterocycles. The van der Waals surface area contributed by atoms with E-state index in [2.05, 4.69) is 43.4 Å². The lowest BCUT2D eigenvalue weighted by Gasteiger charge is -2.40. The molecule has 1 aliphatic rings. The maximum atomic E-state index is 5.99. The van der Waals surface area contributed by atoms with Crippen molar-refractivity contribution < 1.29 is 18.9 Å². The zero-order valence-electron chi connectivity index (χ0n) is 19.6. The highest BCUT2D eigenvalue weighted by Crippen LogP contribution is 2.42. The zero-order valence-corrected chi connectivity index (χ0v) is 19.6. The van der Waals surface area contributed by atoms with E-state index in [1.54, 1.807) is 21.3 Å². The molecule has 0 radical (unpaired) electrons. The first-order valence-corrected chi connectivity index (χ1v) is 11.2. The van der Waals surface area contributed by atoms with Crippen LogP contribution in [0.25, 0.3) is 0 Å². The van der Waals surface area contributed by atoms with Crippen LogP contribution in [0.2, 0.25) is 0 Å². The van der Waals surface area contributed by atoms with Crippen molar-refractivity contribution in [2.45, 2.75) is 51.2 Å². The molecule has 1 fully saturated rings. The van der Waals surface area contributed by atoms with Gasteiger partial charge in [-0.25, -0.2) is 0 Å². The van der Waals surface area contributed by atoms with Crippen LogP contribution in [0.3, 0.4) is 0 Å². The Morgan fingerprint density at radius 3 is 2.45 bits per heavy atom. The van der Waals surface area contributed by atoms with Crippen LogP contribution in [0.4, 0.5) is 0 Å². The van der Waals surface area contributed by atoms with Gasteiger partial charge in [0.15, 0.2) is 11.5 Å². The Morgan fingerprint density at radius 2 is 1.74 bits per heavy atom. The summed E-state index contributed by atoms with van der Waals surface area (Å²) >= 11 is 0. The van der Waals surface area contributed by atoms with E-state index in [1.165, 1.54) is 11.1 Å². The summed E-state index contributed by atoms with van der Waals surface area (Å²) in [6.45, 7) is 6.94. The van der Waals surface area contributed by atoms with Gasteiger partial charge in [-0.3, -0.25) is 0 Å².